The fourth-order valence-corrected chi connectivity index (χ4v) is 3.06. The molecule has 110 valence electrons. The molecule has 2 rings (SSSR count). The number of rotatable bonds is 5. The first-order valence-corrected chi connectivity index (χ1v) is 7.31. The molecule has 1 atom stereocenters. The number of halogens is 1. The number of nitrogens with zero attached hydrogens (tertiary/aromatic N) is 1. The second-order valence-corrected chi connectivity index (χ2v) is 5.58. The van der Waals surface area contributed by atoms with Gasteiger partial charge in [0.25, 0.3) is 0 Å². The van der Waals surface area contributed by atoms with Crippen molar-refractivity contribution in [2.45, 2.75) is 38.6 Å². The SMILES string of the molecule is CC[C@H](C(=O)O)N1CCC(Cc2cccc(F)c2)CC1. The highest BCUT2D eigenvalue weighted by atomic mass is 19.1. The first-order chi connectivity index (χ1) is 9.60. The summed E-state index contributed by atoms with van der Waals surface area (Å²) in [4.78, 5) is 13.2. The molecule has 4 heteroatoms. The van der Waals surface area contributed by atoms with Crippen LogP contribution in [0.2, 0.25) is 0 Å². The van der Waals surface area contributed by atoms with Gasteiger partial charge in [-0.25, -0.2) is 4.39 Å². The summed E-state index contributed by atoms with van der Waals surface area (Å²) in [7, 11) is 0. The predicted molar refractivity (Wildman–Crippen MR) is 76.1 cm³/mol. The van der Waals surface area contributed by atoms with E-state index in [2.05, 4.69) is 4.90 Å². The van der Waals surface area contributed by atoms with Crippen LogP contribution in [0.25, 0.3) is 0 Å². The van der Waals surface area contributed by atoms with Gasteiger partial charge in [0.1, 0.15) is 11.9 Å². The van der Waals surface area contributed by atoms with E-state index >= 15 is 0 Å². The van der Waals surface area contributed by atoms with E-state index in [0.717, 1.165) is 37.9 Å². The van der Waals surface area contributed by atoms with Gasteiger partial charge in [0.15, 0.2) is 0 Å². The molecule has 0 aliphatic carbocycles. The zero-order valence-electron chi connectivity index (χ0n) is 11.9. The fourth-order valence-electron chi connectivity index (χ4n) is 3.06. The summed E-state index contributed by atoms with van der Waals surface area (Å²) in [6, 6.07) is 6.41. The summed E-state index contributed by atoms with van der Waals surface area (Å²) in [5, 5.41) is 9.17. The number of benzene rings is 1. The fraction of sp³-hybridized carbons (Fsp3) is 0.562. The minimum absolute atomic E-state index is 0.183. The van der Waals surface area contributed by atoms with E-state index in [1.165, 1.54) is 6.07 Å². The predicted octanol–water partition coefficient (Wildman–Crippen LogP) is 2.94. The van der Waals surface area contributed by atoms with Gasteiger partial charge >= 0.3 is 5.97 Å². The van der Waals surface area contributed by atoms with Crippen LogP contribution in [0.4, 0.5) is 4.39 Å². The molecular weight excluding hydrogens is 257 g/mol. The summed E-state index contributed by atoms with van der Waals surface area (Å²) in [6.07, 6.45) is 3.50. The van der Waals surface area contributed by atoms with Crippen molar-refractivity contribution < 1.29 is 14.3 Å². The Kier molecular flexibility index (Phi) is 5.12. The lowest BCUT2D eigenvalue weighted by molar-refractivity contribution is -0.144. The second-order valence-electron chi connectivity index (χ2n) is 5.58. The molecule has 0 aromatic heterocycles. The van der Waals surface area contributed by atoms with Crippen molar-refractivity contribution in [3.63, 3.8) is 0 Å². The molecule has 1 aromatic rings. The van der Waals surface area contributed by atoms with Gasteiger partial charge < -0.3 is 5.11 Å². The Morgan fingerprint density at radius 2 is 2.15 bits per heavy atom. The van der Waals surface area contributed by atoms with Crippen molar-refractivity contribution in [1.29, 1.82) is 0 Å². The van der Waals surface area contributed by atoms with Gasteiger partial charge in [-0.1, -0.05) is 19.1 Å². The monoisotopic (exact) mass is 279 g/mol. The van der Waals surface area contributed by atoms with E-state index < -0.39 is 5.97 Å². The first-order valence-electron chi connectivity index (χ1n) is 7.31. The number of piperidine rings is 1. The Balaban J connectivity index is 1.86. The van der Waals surface area contributed by atoms with Gasteiger partial charge in [-0.05, 0) is 62.4 Å². The molecule has 1 aromatic carbocycles. The third-order valence-corrected chi connectivity index (χ3v) is 4.18. The Labute approximate surface area is 119 Å². The van der Waals surface area contributed by atoms with Gasteiger partial charge in [-0.15, -0.1) is 0 Å². The van der Waals surface area contributed by atoms with Crippen molar-refractivity contribution in [1.82, 2.24) is 4.90 Å². The van der Waals surface area contributed by atoms with Crippen LogP contribution in [0.3, 0.4) is 0 Å². The number of carboxylic acids is 1. The normalized spacial score (nSPS) is 18.9. The molecule has 3 nitrogen and oxygen atoms in total. The number of carbonyl (C=O) groups is 1. The largest absolute Gasteiger partial charge is 0.480 e. The van der Waals surface area contributed by atoms with Crippen LogP contribution >= 0.6 is 0 Å². The summed E-state index contributed by atoms with van der Waals surface area (Å²) in [5.41, 5.74) is 1.04. The highest BCUT2D eigenvalue weighted by Gasteiger charge is 2.28. The Morgan fingerprint density at radius 3 is 2.70 bits per heavy atom. The maximum Gasteiger partial charge on any atom is 0.320 e. The van der Waals surface area contributed by atoms with E-state index in [-0.39, 0.29) is 11.9 Å². The molecule has 20 heavy (non-hydrogen) atoms. The molecule has 0 saturated carbocycles. The summed E-state index contributed by atoms with van der Waals surface area (Å²) < 4.78 is 13.2. The van der Waals surface area contributed by atoms with Crippen LogP contribution in [0.15, 0.2) is 24.3 Å². The lowest BCUT2D eigenvalue weighted by Crippen LogP contribution is -2.45. The zero-order chi connectivity index (χ0) is 14.5. The van der Waals surface area contributed by atoms with Crippen molar-refractivity contribution >= 4 is 5.97 Å². The topological polar surface area (TPSA) is 40.5 Å². The van der Waals surface area contributed by atoms with Crippen LogP contribution in [-0.4, -0.2) is 35.1 Å². The van der Waals surface area contributed by atoms with Crippen molar-refractivity contribution in [3.8, 4) is 0 Å². The van der Waals surface area contributed by atoms with E-state index in [0.29, 0.717) is 12.3 Å². The molecule has 0 radical (unpaired) electrons. The molecule has 1 aliphatic heterocycles. The van der Waals surface area contributed by atoms with Gasteiger partial charge in [0.2, 0.25) is 0 Å². The smallest absolute Gasteiger partial charge is 0.320 e. The summed E-state index contributed by atoms with van der Waals surface area (Å²) in [5.74, 6) is -0.382. The first kappa shape index (κ1) is 15.0. The average Bonchev–Trinajstić information content (AvgIpc) is 2.41. The molecule has 1 heterocycles. The van der Waals surface area contributed by atoms with Crippen LogP contribution < -0.4 is 0 Å². The number of likely N-dealkylation sites (tertiary alicyclic amines) is 1. The van der Waals surface area contributed by atoms with E-state index in [1.807, 2.05) is 13.0 Å². The van der Waals surface area contributed by atoms with Gasteiger partial charge in [0.05, 0.1) is 0 Å². The Bertz CT molecular complexity index is 456. The van der Waals surface area contributed by atoms with Crippen LogP contribution in [-0.2, 0) is 11.2 Å². The third kappa shape index (κ3) is 3.79. The molecule has 1 N–H and O–H groups in total. The highest BCUT2D eigenvalue weighted by molar-refractivity contribution is 5.73. The van der Waals surface area contributed by atoms with E-state index in [9.17, 15) is 14.3 Å². The molecule has 1 saturated heterocycles. The second kappa shape index (κ2) is 6.84. The highest BCUT2D eigenvalue weighted by Crippen LogP contribution is 2.24. The van der Waals surface area contributed by atoms with Gasteiger partial charge in [0, 0.05) is 0 Å². The van der Waals surface area contributed by atoms with Gasteiger partial charge in [-0.2, -0.15) is 0 Å². The minimum atomic E-state index is -0.726. The van der Waals surface area contributed by atoms with E-state index in [1.54, 1.807) is 12.1 Å². The molecule has 0 amide bonds. The zero-order valence-corrected chi connectivity index (χ0v) is 11.9. The molecular formula is C16H22FNO2. The van der Waals surface area contributed by atoms with Crippen molar-refractivity contribution in [3.05, 3.63) is 35.6 Å². The Morgan fingerprint density at radius 1 is 1.45 bits per heavy atom. The maximum absolute atomic E-state index is 13.2. The molecule has 0 spiro atoms. The van der Waals surface area contributed by atoms with Crippen molar-refractivity contribution in [2.24, 2.45) is 5.92 Å². The average molecular weight is 279 g/mol. The summed E-state index contributed by atoms with van der Waals surface area (Å²) >= 11 is 0. The standard InChI is InChI=1S/C16H22FNO2/c1-2-15(16(19)20)18-8-6-12(7-9-18)10-13-4-3-5-14(17)11-13/h3-5,11-12,15H,2,6-10H2,1H3,(H,19,20)/t15-/m1/s1. The lowest BCUT2D eigenvalue weighted by atomic mass is 9.89. The number of aliphatic carboxylic acids is 1. The van der Waals surface area contributed by atoms with Gasteiger partial charge in [-0.3, -0.25) is 9.69 Å². The number of carboxylic acid groups (broad SMARTS) is 1. The molecule has 1 aliphatic rings. The minimum Gasteiger partial charge on any atom is -0.480 e. The molecule has 0 bridgehead atoms. The third-order valence-electron chi connectivity index (χ3n) is 4.18. The quantitative estimate of drug-likeness (QED) is 0.901. The Hall–Kier alpha value is -1.42. The van der Waals surface area contributed by atoms with Crippen molar-refractivity contribution in [2.75, 3.05) is 13.1 Å². The lowest BCUT2D eigenvalue weighted by Gasteiger charge is -2.35. The maximum atomic E-state index is 13.2. The van der Waals surface area contributed by atoms with Crippen LogP contribution in [0.1, 0.15) is 31.7 Å². The molecule has 0 unspecified atom stereocenters. The summed E-state index contributed by atoms with van der Waals surface area (Å²) in [6.45, 7) is 3.56. The van der Waals surface area contributed by atoms with Crippen LogP contribution in [0.5, 0.6) is 0 Å². The van der Waals surface area contributed by atoms with E-state index in [4.69, 9.17) is 0 Å². The number of hydrogen-bond donors (Lipinski definition) is 1. The number of hydrogen-bond acceptors (Lipinski definition) is 2. The van der Waals surface area contributed by atoms with Crippen LogP contribution in [0, 0.1) is 11.7 Å². The molecule has 1 fully saturated rings.